The highest BCUT2D eigenvalue weighted by Gasteiger charge is 2.19. The van der Waals surface area contributed by atoms with Gasteiger partial charge in [-0.1, -0.05) is 18.2 Å². The number of piperazine rings is 1. The SMILES string of the molecule is Cc1cc(N2CCN(c3ccccc3)CC2)nc(NC(=S)NCc2ccco2)n1. The number of rotatable bonds is 5. The third-order valence-electron chi connectivity index (χ3n) is 4.79. The Balaban J connectivity index is 1.36. The molecule has 0 radical (unpaired) electrons. The van der Waals surface area contributed by atoms with Crippen LogP contribution in [0.15, 0.2) is 59.2 Å². The number of benzene rings is 1. The summed E-state index contributed by atoms with van der Waals surface area (Å²) in [7, 11) is 0. The fourth-order valence-electron chi connectivity index (χ4n) is 3.33. The third-order valence-corrected chi connectivity index (χ3v) is 5.04. The van der Waals surface area contributed by atoms with Crippen LogP contribution in [0.25, 0.3) is 0 Å². The van der Waals surface area contributed by atoms with Gasteiger partial charge in [-0.3, -0.25) is 0 Å². The molecule has 0 saturated carbocycles. The number of thiocarbonyl (C=S) groups is 1. The average Bonchev–Trinajstić information content (AvgIpc) is 3.26. The number of hydrogen-bond donors (Lipinski definition) is 2. The highest BCUT2D eigenvalue weighted by Crippen LogP contribution is 2.20. The Kier molecular flexibility index (Phi) is 5.90. The van der Waals surface area contributed by atoms with E-state index in [-0.39, 0.29) is 0 Å². The Labute approximate surface area is 175 Å². The minimum absolute atomic E-state index is 0.465. The second-order valence-electron chi connectivity index (χ2n) is 6.89. The van der Waals surface area contributed by atoms with Crippen LogP contribution in [0, 0.1) is 6.92 Å². The summed E-state index contributed by atoms with van der Waals surface area (Å²) in [6, 6.07) is 16.3. The van der Waals surface area contributed by atoms with Crippen molar-refractivity contribution in [3.8, 4) is 0 Å². The van der Waals surface area contributed by atoms with Crippen LogP contribution in [0.3, 0.4) is 0 Å². The van der Waals surface area contributed by atoms with E-state index in [1.807, 2.05) is 31.2 Å². The van der Waals surface area contributed by atoms with Gasteiger partial charge >= 0.3 is 0 Å². The van der Waals surface area contributed by atoms with E-state index in [0.29, 0.717) is 17.6 Å². The Morgan fingerprint density at radius 2 is 1.79 bits per heavy atom. The number of furan rings is 1. The van der Waals surface area contributed by atoms with Crippen LogP contribution in [0.2, 0.25) is 0 Å². The van der Waals surface area contributed by atoms with Gasteiger partial charge in [0.25, 0.3) is 0 Å². The minimum Gasteiger partial charge on any atom is -0.467 e. The number of nitrogens with one attached hydrogen (secondary N) is 2. The molecule has 29 heavy (non-hydrogen) atoms. The Morgan fingerprint density at radius 3 is 2.52 bits per heavy atom. The maximum Gasteiger partial charge on any atom is 0.231 e. The van der Waals surface area contributed by atoms with Crippen LogP contribution < -0.4 is 20.4 Å². The molecule has 0 atom stereocenters. The van der Waals surface area contributed by atoms with Gasteiger partial charge in [0.1, 0.15) is 11.6 Å². The fourth-order valence-corrected chi connectivity index (χ4v) is 3.49. The molecule has 3 aromatic rings. The van der Waals surface area contributed by atoms with Gasteiger partial charge < -0.3 is 24.9 Å². The van der Waals surface area contributed by atoms with Crippen LogP contribution >= 0.6 is 12.2 Å². The lowest BCUT2D eigenvalue weighted by atomic mass is 10.2. The fraction of sp³-hybridized carbons (Fsp3) is 0.286. The lowest BCUT2D eigenvalue weighted by Crippen LogP contribution is -2.47. The molecule has 1 saturated heterocycles. The molecular formula is C21H24N6OS. The van der Waals surface area contributed by atoms with E-state index in [0.717, 1.165) is 43.5 Å². The summed E-state index contributed by atoms with van der Waals surface area (Å²) >= 11 is 5.36. The summed E-state index contributed by atoms with van der Waals surface area (Å²) in [6.45, 7) is 6.21. The largest absolute Gasteiger partial charge is 0.467 e. The predicted molar refractivity (Wildman–Crippen MR) is 119 cm³/mol. The minimum atomic E-state index is 0.465. The topological polar surface area (TPSA) is 69.5 Å². The second-order valence-corrected chi connectivity index (χ2v) is 7.30. The van der Waals surface area contributed by atoms with Crippen LogP contribution in [-0.2, 0) is 6.54 Å². The first-order chi connectivity index (χ1) is 14.2. The Bertz CT molecular complexity index is 939. The van der Waals surface area contributed by atoms with Crippen LogP contribution in [0.5, 0.6) is 0 Å². The zero-order valence-corrected chi connectivity index (χ0v) is 17.2. The molecule has 8 heteroatoms. The quantitative estimate of drug-likeness (QED) is 0.624. The van der Waals surface area contributed by atoms with Crippen LogP contribution in [0.1, 0.15) is 11.5 Å². The molecular weight excluding hydrogens is 384 g/mol. The smallest absolute Gasteiger partial charge is 0.231 e. The number of aryl methyl sites for hydroxylation is 1. The van der Waals surface area contributed by atoms with E-state index in [4.69, 9.17) is 16.6 Å². The van der Waals surface area contributed by atoms with E-state index in [9.17, 15) is 0 Å². The van der Waals surface area contributed by atoms with Crippen molar-refractivity contribution in [3.05, 3.63) is 66.2 Å². The van der Waals surface area contributed by atoms with E-state index >= 15 is 0 Å². The number of hydrogen-bond acceptors (Lipinski definition) is 6. The van der Waals surface area contributed by atoms with Gasteiger partial charge in [-0.15, -0.1) is 0 Å². The van der Waals surface area contributed by atoms with Crippen molar-refractivity contribution in [2.75, 3.05) is 41.3 Å². The van der Waals surface area contributed by atoms with Crippen molar-refractivity contribution in [2.24, 2.45) is 0 Å². The molecule has 1 aliphatic heterocycles. The summed E-state index contributed by atoms with van der Waals surface area (Å²) in [4.78, 5) is 13.8. The summed E-state index contributed by atoms with van der Waals surface area (Å²) in [5.74, 6) is 2.24. The summed E-state index contributed by atoms with van der Waals surface area (Å²) in [6.07, 6.45) is 1.64. The molecule has 2 aromatic heterocycles. The second kappa shape index (κ2) is 8.91. The molecule has 7 nitrogen and oxygen atoms in total. The van der Waals surface area contributed by atoms with Gasteiger partial charge in [0.15, 0.2) is 5.11 Å². The van der Waals surface area contributed by atoms with Crippen molar-refractivity contribution in [1.29, 1.82) is 0 Å². The first-order valence-electron chi connectivity index (χ1n) is 9.65. The van der Waals surface area contributed by atoms with E-state index in [2.05, 4.69) is 54.7 Å². The Hall–Kier alpha value is -3.13. The lowest BCUT2D eigenvalue weighted by Gasteiger charge is -2.36. The molecule has 1 aromatic carbocycles. The molecule has 3 heterocycles. The summed E-state index contributed by atoms with van der Waals surface area (Å²) in [5, 5.41) is 6.65. The van der Waals surface area contributed by atoms with Crippen LogP contribution in [0.4, 0.5) is 17.5 Å². The number of nitrogens with zero attached hydrogens (tertiary/aromatic N) is 4. The van der Waals surface area contributed by atoms with Crippen molar-refractivity contribution in [3.63, 3.8) is 0 Å². The first-order valence-corrected chi connectivity index (χ1v) is 10.1. The van der Waals surface area contributed by atoms with Gasteiger partial charge in [-0.2, -0.15) is 4.98 Å². The molecule has 0 aliphatic carbocycles. The van der Waals surface area contributed by atoms with Gasteiger partial charge in [0, 0.05) is 43.6 Å². The van der Waals surface area contributed by atoms with E-state index < -0.39 is 0 Å². The number of anilines is 3. The van der Waals surface area contributed by atoms with Gasteiger partial charge in [0.05, 0.1) is 12.8 Å². The number of aromatic nitrogens is 2. The highest BCUT2D eigenvalue weighted by molar-refractivity contribution is 7.80. The van der Waals surface area contributed by atoms with Gasteiger partial charge in [0.2, 0.25) is 5.95 Å². The van der Waals surface area contributed by atoms with Crippen molar-refractivity contribution < 1.29 is 4.42 Å². The standard InChI is InChI=1S/C21H24N6OS/c1-16-14-19(27-11-9-26(10-12-27)17-6-3-2-4-7-17)24-20(23-16)25-21(29)22-15-18-8-5-13-28-18/h2-8,13-14H,9-12,15H2,1H3,(H2,22,23,24,25,29). The molecule has 0 spiro atoms. The summed E-state index contributed by atoms with van der Waals surface area (Å²) < 4.78 is 5.30. The first kappa shape index (κ1) is 19.2. The monoisotopic (exact) mass is 408 g/mol. The maximum atomic E-state index is 5.36. The summed E-state index contributed by atoms with van der Waals surface area (Å²) in [5.41, 5.74) is 2.16. The zero-order chi connectivity index (χ0) is 20.1. The molecule has 0 unspecified atom stereocenters. The maximum absolute atomic E-state index is 5.36. The van der Waals surface area contributed by atoms with Crippen molar-refractivity contribution in [1.82, 2.24) is 15.3 Å². The van der Waals surface area contributed by atoms with Gasteiger partial charge in [-0.25, -0.2) is 4.98 Å². The molecule has 4 rings (SSSR count). The zero-order valence-electron chi connectivity index (χ0n) is 16.3. The number of para-hydroxylation sites is 1. The molecule has 0 bridgehead atoms. The average molecular weight is 409 g/mol. The molecule has 150 valence electrons. The molecule has 1 fully saturated rings. The lowest BCUT2D eigenvalue weighted by molar-refractivity contribution is 0.503. The molecule has 1 aliphatic rings. The third kappa shape index (κ3) is 5.03. The van der Waals surface area contributed by atoms with E-state index in [1.165, 1.54) is 5.69 Å². The van der Waals surface area contributed by atoms with Crippen LogP contribution in [-0.4, -0.2) is 41.3 Å². The van der Waals surface area contributed by atoms with E-state index in [1.54, 1.807) is 6.26 Å². The predicted octanol–water partition coefficient (Wildman–Crippen LogP) is 3.19. The van der Waals surface area contributed by atoms with Crippen molar-refractivity contribution >= 4 is 34.8 Å². The molecule has 2 N–H and O–H groups in total. The Morgan fingerprint density at radius 1 is 1.03 bits per heavy atom. The normalized spacial score (nSPS) is 14.0. The van der Waals surface area contributed by atoms with Crippen molar-refractivity contribution in [2.45, 2.75) is 13.5 Å². The highest BCUT2D eigenvalue weighted by atomic mass is 32.1. The molecule has 0 amide bonds. The van der Waals surface area contributed by atoms with Gasteiger partial charge in [-0.05, 0) is 43.4 Å².